The molecule has 2 aromatic heterocycles. The molecule has 3 heterocycles. The number of carbonyl (C=O) groups excluding carboxylic acids is 1. The summed E-state index contributed by atoms with van der Waals surface area (Å²) in [5, 5.41) is 11.6. The third-order valence-electron chi connectivity index (χ3n) is 4.43. The fourth-order valence-corrected chi connectivity index (χ4v) is 3.81. The van der Waals surface area contributed by atoms with Crippen molar-refractivity contribution < 1.29 is 4.79 Å². The van der Waals surface area contributed by atoms with Crippen LogP contribution in [0.25, 0.3) is 0 Å². The van der Waals surface area contributed by atoms with Crippen LogP contribution >= 0.6 is 11.3 Å². The third-order valence-corrected chi connectivity index (χ3v) is 5.17. The highest BCUT2D eigenvalue weighted by atomic mass is 32.1. The van der Waals surface area contributed by atoms with Gasteiger partial charge in [-0.05, 0) is 54.8 Å². The zero-order valence-electron chi connectivity index (χ0n) is 13.8. The number of likely N-dealkylation sites (N-methyl/N-ethyl adjacent to an activating group) is 1. The number of aromatic nitrogens is 2. The number of nitrogens with one attached hydrogen (secondary N) is 1. The molecule has 2 aromatic rings. The molecular weight excluding hydrogens is 308 g/mol. The summed E-state index contributed by atoms with van der Waals surface area (Å²) in [6, 6.07) is 4.20. The molecule has 1 N–H and O–H groups in total. The summed E-state index contributed by atoms with van der Waals surface area (Å²) in [7, 11) is 1.89. The Morgan fingerprint density at radius 1 is 1.57 bits per heavy atom. The van der Waals surface area contributed by atoms with Crippen LogP contribution in [0, 0.1) is 6.92 Å². The van der Waals surface area contributed by atoms with E-state index in [2.05, 4.69) is 38.0 Å². The number of amides is 1. The van der Waals surface area contributed by atoms with Gasteiger partial charge in [0.25, 0.3) is 0 Å². The van der Waals surface area contributed by atoms with Crippen molar-refractivity contribution in [3.05, 3.63) is 39.8 Å². The Balaban J connectivity index is 1.53. The molecule has 1 saturated heterocycles. The molecule has 0 bridgehead atoms. The summed E-state index contributed by atoms with van der Waals surface area (Å²) in [5.74, 6) is 0.624. The van der Waals surface area contributed by atoms with Crippen molar-refractivity contribution in [2.45, 2.75) is 32.2 Å². The Bertz CT molecular complexity index is 637. The molecule has 0 unspecified atom stereocenters. The molecule has 1 aliphatic rings. The lowest BCUT2D eigenvalue weighted by Crippen LogP contribution is -2.42. The van der Waals surface area contributed by atoms with E-state index in [0.717, 1.165) is 37.3 Å². The van der Waals surface area contributed by atoms with Crippen LogP contribution < -0.4 is 0 Å². The van der Waals surface area contributed by atoms with E-state index in [4.69, 9.17) is 0 Å². The van der Waals surface area contributed by atoms with Gasteiger partial charge in [-0.3, -0.25) is 14.8 Å². The lowest BCUT2D eigenvalue weighted by molar-refractivity contribution is -0.131. The van der Waals surface area contributed by atoms with Gasteiger partial charge in [-0.1, -0.05) is 0 Å². The van der Waals surface area contributed by atoms with Gasteiger partial charge in [0, 0.05) is 31.7 Å². The summed E-state index contributed by atoms with van der Waals surface area (Å²) in [6.07, 6.45) is 2.28. The molecule has 6 heteroatoms. The molecule has 1 atom stereocenters. The zero-order chi connectivity index (χ0) is 16.2. The minimum Gasteiger partial charge on any atom is -0.340 e. The van der Waals surface area contributed by atoms with Crippen LogP contribution in [0.5, 0.6) is 0 Å². The molecule has 1 fully saturated rings. The second-order valence-corrected chi connectivity index (χ2v) is 7.21. The van der Waals surface area contributed by atoms with Crippen molar-refractivity contribution in [2.75, 3.05) is 26.7 Å². The monoisotopic (exact) mass is 332 g/mol. The van der Waals surface area contributed by atoms with Crippen LogP contribution in [0.2, 0.25) is 0 Å². The summed E-state index contributed by atoms with van der Waals surface area (Å²) in [5.41, 5.74) is 3.43. The Hall–Kier alpha value is -1.66. The summed E-state index contributed by atoms with van der Waals surface area (Å²) < 4.78 is 0. The Morgan fingerprint density at radius 3 is 3.13 bits per heavy atom. The first-order valence-corrected chi connectivity index (χ1v) is 9.05. The van der Waals surface area contributed by atoms with E-state index in [-0.39, 0.29) is 5.91 Å². The van der Waals surface area contributed by atoms with E-state index < -0.39 is 0 Å². The van der Waals surface area contributed by atoms with Crippen LogP contribution in [-0.2, 0) is 11.3 Å². The number of piperidine rings is 1. The second-order valence-electron chi connectivity index (χ2n) is 6.43. The van der Waals surface area contributed by atoms with Gasteiger partial charge >= 0.3 is 0 Å². The highest BCUT2D eigenvalue weighted by Crippen LogP contribution is 2.25. The fourth-order valence-electron chi connectivity index (χ4n) is 3.15. The summed E-state index contributed by atoms with van der Waals surface area (Å²) in [6.45, 7) is 5.14. The fraction of sp³-hybridized carbons (Fsp3) is 0.529. The largest absolute Gasteiger partial charge is 0.340 e. The lowest BCUT2D eigenvalue weighted by atomic mass is 9.94. The standard InChI is InChI=1S/C17H24N4OS/c1-13-8-16(19-18-13)15-4-3-6-21(10-15)11-17(22)20(2)9-14-5-7-23-12-14/h5,7-8,12,15H,3-4,6,9-11H2,1-2H3,(H,18,19)/t15-/m0/s1. The maximum Gasteiger partial charge on any atom is 0.236 e. The molecule has 5 nitrogen and oxygen atoms in total. The predicted molar refractivity (Wildman–Crippen MR) is 92.5 cm³/mol. The van der Waals surface area contributed by atoms with E-state index >= 15 is 0 Å². The van der Waals surface area contributed by atoms with Crippen molar-refractivity contribution in [1.29, 1.82) is 0 Å². The van der Waals surface area contributed by atoms with Gasteiger partial charge in [-0.25, -0.2) is 0 Å². The number of rotatable bonds is 5. The predicted octanol–water partition coefficient (Wildman–Crippen LogP) is 2.62. The highest BCUT2D eigenvalue weighted by molar-refractivity contribution is 7.07. The molecule has 3 rings (SSSR count). The Morgan fingerprint density at radius 2 is 2.43 bits per heavy atom. The summed E-state index contributed by atoms with van der Waals surface area (Å²) in [4.78, 5) is 16.5. The smallest absolute Gasteiger partial charge is 0.236 e. The lowest BCUT2D eigenvalue weighted by Gasteiger charge is -2.32. The first-order valence-electron chi connectivity index (χ1n) is 8.11. The first kappa shape index (κ1) is 16.2. The number of aryl methyl sites for hydroxylation is 1. The van der Waals surface area contributed by atoms with Gasteiger partial charge < -0.3 is 4.90 Å². The van der Waals surface area contributed by atoms with Crippen LogP contribution in [-0.4, -0.2) is 52.6 Å². The highest BCUT2D eigenvalue weighted by Gasteiger charge is 2.25. The minimum absolute atomic E-state index is 0.190. The van der Waals surface area contributed by atoms with Crippen molar-refractivity contribution in [1.82, 2.24) is 20.0 Å². The van der Waals surface area contributed by atoms with E-state index in [1.165, 1.54) is 5.56 Å². The second kappa shape index (κ2) is 7.27. The maximum atomic E-state index is 12.5. The van der Waals surface area contributed by atoms with Gasteiger partial charge in [0.15, 0.2) is 0 Å². The van der Waals surface area contributed by atoms with Crippen molar-refractivity contribution in [3.8, 4) is 0 Å². The van der Waals surface area contributed by atoms with Crippen LogP contribution in [0.3, 0.4) is 0 Å². The minimum atomic E-state index is 0.190. The molecule has 1 amide bonds. The molecule has 1 aliphatic heterocycles. The van der Waals surface area contributed by atoms with Gasteiger partial charge in [0.05, 0.1) is 12.2 Å². The number of H-pyrrole nitrogens is 1. The zero-order valence-corrected chi connectivity index (χ0v) is 14.6. The maximum absolute atomic E-state index is 12.5. The number of hydrogen-bond donors (Lipinski definition) is 1. The molecule has 0 saturated carbocycles. The van der Waals surface area contributed by atoms with Crippen molar-refractivity contribution in [2.24, 2.45) is 0 Å². The van der Waals surface area contributed by atoms with Crippen molar-refractivity contribution >= 4 is 17.2 Å². The van der Waals surface area contributed by atoms with Crippen molar-refractivity contribution in [3.63, 3.8) is 0 Å². The van der Waals surface area contributed by atoms with Gasteiger partial charge in [0.1, 0.15) is 0 Å². The first-order chi connectivity index (χ1) is 11.1. The molecule has 0 aliphatic carbocycles. The normalized spacial score (nSPS) is 19.0. The molecular formula is C17H24N4OS. The van der Waals surface area contributed by atoms with E-state index in [1.54, 1.807) is 11.3 Å². The van der Waals surface area contributed by atoms with Gasteiger partial charge in [0.2, 0.25) is 5.91 Å². The van der Waals surface area contributed by atoms with Gasteiger partial charge in [-0.2, -0.15) is 16.4 Å². The SMILES string of the molecule is Cc1cc([C@H]2CCCN(CC(=O)N(C)Cc3ccsc3)C2)n[nH]1. The van der Waals surface area contributed by atoms with Crippen LogP contribution in [0.1, 0.15) is 35.7 Å². The van der Waals surface area contributed by atoms with Gasteiger partial charge in [-0.15, -0.1) is 0 Å². The average molecular weight is 332 g/mol. The van der Waals surface area contributed by atoms with Crippen LogP contribution in [0.4, 0.5) is 0 Å². The number of nitrogens with zero attached hydrogens (tertiary/aromatic N) is 3. The van der Waals surface area contributed by atoms with Crippen LogP contribution in [0.15, 0.2) is 22.9 Å². The molecule has 23 heavy (non-hydrogen) atoms. The summed E-state index contributed by atoms with van der Waals surface area (Å²) >= 11 is 1.67. The third kappa shape index (κ3) is 4.20. The Kier molecular flexibility index (Phi) is 5.13. The molecule has 0 aromatic carbocycles. The molecule has 124 valence electrons. The molecule has 0 spiro atoms. The Labute approximate surface area is 141 Å². The van der Waals surface area contributed by atoms with E-state index in [1.807, 2.05) is 18.9 Å². The number of carbonyl (C=O) groups is 1. The number of hydrogen-bond acceptors (Lipinski definition) is 4. The number of likely N-dealkylation sites (tertiary alicyclic amines) is 1. The number of aromatic amines is 1. The molecule has 0 radical (unpaired) electrons. The average Bonchev–Trinajstić information content (AvgIpc) is 3.19. The van der Waals surface area contributed by atoms with E-state index in [9.17, 15) is 4.79 Å². The van der Waals surface area contributed by atoms with E-state index in [0.29, 0.717) is 19.0 Å². The topological polar surface area (TPSA) is 52.2 Å². The quantitative estimate of drug-likeness (QED) is 0.916. The number of thiophene rings is 1.